The Morgan fingerprint density at radius 1 is 1.23 bits per heavy atom. The van der Waals surface area contributed by atoms with Crippen LogP contribution in [0.15, 0.2) is 58.3 Å². The Hall–Kier alpha value is -4.58. The first-order valence-electron chi connectivity index (χ1n) is 11.0. The quantitative estimate of drug-likeness (QED) is 0.253. The third-order valence-corrected chi connectivity index (χ3v) is 5.91. The second-order valence-corrected chi connectivity index (χ2v) is 8.08. The molecule has 1 aliphatic rings. The highest BCUT2D eigenvalue weighted by Crippen LogP contribution is 2.17. The summed E-state index contributed by atoms with van der Waals surface area (Å²) in [6.07, 6.45) is 2.44. The SMILES string of the molecule is COc1ccccc1/C=N\NC(=O)c1nnn(-c2nonc2N)c1C[NH+]1CCc2ccccc2C1. The normalized spacial score (nSPS) is 15.2. The lowest BCUT2D eigenvalue weighted by molar-refractivity contribution is -0.929. The lowest BCUT2D eigenvalue weighted by Crippen LogP contribution is -3.10. The van der Waals surface area contributed by atoms with E-state index in [1.54, 1.807) is 7.11 Å². The van der Waals surface area contributed by atoms with Crippen LogP contribution in [0.4, 0.5) is 5.82 Å². The van der Waals surface area contributed by atoms with E-state index in [1.807, 2.05) is 30.3 Å². The molecule has 5 rings (SSSR count). The molecule has 4 N–H and O–H groups in total. The van der Waals surface area contributed by atoms with E-state index in [0.717, 1.165) is 25.1 Å². The van der Waals surface area contributed by atoms with E-state index < -0.39 is 5.91 Å². The molecule has 0 bridgehead atoms. The molecule has 1 atom stereocenters. The number of rotatable bonds is 7. The number of nitrogens with two attached hydrogens (primary N) is 1. The topological polar surface area (TPSA) is 151 Å². The Morgan fingerprint density at radius 2 is 2.03 bits per heavy atom. The van der Waals surface area contributed by atoms with E-state index in [9.17, 15) is 4.79 Å². The van der Waals surface area contributed by atoms with Gasteiger partial charge in [0, 0.05) is 17.5 Å². The van der Waals surface area contributed by atoms with Crippen LogP contribution in [0.2, 0.25) is 0 Å². The van der Waals surface area contributed by atoms with Gasteiger partial charge in [0.05, 0.1) is 19.9 Å². The molecule has 2 aromatic carbocycles. The second kappa shape index (κ2) is 9.73. The van der Waals surface area contributed by atoms with E-state index in [1.165, 1.54) is 26.9 Å². The Balaban J connectivity index is 1.40. The molecule has 0 fully saturated rings. The lowest BCUT2D eigenvalue weighted by Gasteiger charge is -2.25. The molecule has 2 aromatic heterocycles. The smallest absolute Gasteiger partial charge is 0.294 e. The van der Waals surface area contributed by atoms with Crippen molar-refractivity contribution in [1.29, 1.82) is 0 Å². The fourth-order valence-electron chi connectivity index (χ4n) is 4.16. The van der Waals surface area contributed by atoms with Crippen molar-refractivity contribution >= 4 is 17.9 Å². The average Bonchev–Trinajstić information content (AvgIpc) is 3.49. The van der Waals surface area contributed by atoms with E-state index in [4.69, 9.17) is 15.1 Å². The number of aromatic nitrogens is 5. The van der Waals surface area contributed by atoms with E-state index in [-0.39, 0.29) is 17.3 Å². The number of ether oxygens (including phenoxy) is 1. The van der Waals surface area contributed by atoms with Gasteiger partial charge < -0.3 is 15.4 Å². The van der Waals surface area contributed by atoms with Gasteiger partial charge in [-0.15, -0.1) is 5.10 Å². The fourth-order valence-corrected chi connectivity index (χ4v) is 4.16. The van der Waals surface area contributed by atoms with Crippen LogP contribution in [0.25, 0.3) is 5.82 Å². The van der Waals surface area contributed by atoms with Crippen LogP contribution in [0.5, 0.6) is 5.75 Å². The molecule has 0 saturated carbocycles. The van der Waals surface area contributed by atoms with Crippen LogP contribution in [0.1, 0.15) is 32.9 Å². The van der Waals surface area contributed by atoms with Gasteiger partial charge in [-0.05, 0) is 28.0 Å². The van der Waals surface area contributed by atoms with Crippen molar-refractivity contribution in [3.63, 3.8) is 0 Å². The minimum Gasteiger partial charge on any atom is -0.496 e. The maximum absolute atomic E-state index is 13.0. The third kappa shape index (κ3) is 4.59. The number of nitrogens with one attached hydrogen (secondary N) is 2. The van der Waals surface area contributed by atoms with Crippen molar-refractivity contribution in [3.8, 4) is 11.6 Å². The molecule has 0 radical (unpaired) electrons. The number of amides is 1. The number of quaternary nitrogens is 1. The first kappa shape index (κ1) is 22.2. The monoisotopic (exact) mass is 474 g/mol. The molecule has 1 amide bonds. The number of nitrogens with zero attached hydrogens (tertiary/aromatic N) is 6. The first-order valence-corrected chi connectivity index (χ1v) is 11.0. The number of fused-ring (bicyclic) bond motifs is 1. The summed E-state index contributed by atoms with van der Waals surface area (Å²) >= 11 is 0. The number of methoxy groups -OCH3 is 1. The van der Waals surface area contributed by atoms with Crippen molar-refractivity contribution in [1.82, 2.24) is 30.7 Å². The molecular formula is C23H24N9O3+. The van der Waals surface area contributed by atoms with Gasteiger partial charge in [-0.2, -0.15) is 9.78 Å². The Labute approximate surface area is 200 Å². The zero-order chi connectivity index (χ0) is 24.2. The van der Waals surface area contributed by atoms with Gasteiger partial charge in [0.1, 0.15) is 24.5 Å². The highest BCUT2D eigenvalue weighted by atomic mass is 16.6. The predicted octanol–water partition coefficient (Wildman–Crippen LogP) is 0.146. The van der Waals surface area contributed by atoms with Crippen molar-refractivity contribution in [2.75, 3.05) is 19.4 Å². The number of hydrazone groups is 1. The predicted molar refractivity (Wildman–Crippen MR) is 125 cm³/mol. The first-order chi connectivity index (χ1) is 17.1. The number of nitrogen functional groups attached to an aromatic ring is 1. The number of benzene rings is 2. The number of anilines is 1. The van der Waals surface area contributed by atoms with Gasteiger partial charge in [-0.3, -0.25) is 4.79 Å². The van der Waals surface area contributed by atoms with Crippen LogP contribution in [-0.4, -0.2) is 51.1 Å². The molecule has 35 heavy (non-hydrogen) atoms. The van der Waals surface area contributed by atoms with Gasteiger partial charge in [0.2, 0.25) is 11.6 Å². The number of hydrogen-bond acceptors (Lipinski definition) is 9. The van der Waals surface area contributed by atoms with E-state index >= 15 is 0 Å². The molecule has 0 saturated heterocycles. The fraction of sp³-hybridized carbons (Fsp3) is 0.217. The largest absolute Gasteiger partial charge is 0.496 e. The average molecular weight is 475 g/mol. The lowest BCUT2D eigenvalue weighted by atomic mass is 10.00. The molecule has 1 aliphatic heterocycles. The number of carbonyl (C=O) groups excluding carboxylic acids is 1. The summed E-state index contributed by atoms with van der Waals surface area (Å²) in [4.78, 5) is 14.3. The van der Waals surface area contributed by atoms with Crippen LogP contribution in [0.3, 0.4) is 0 Å². The highest BCUT2D eigenvalue weighted by Gasteiger charge is 2.29. The summed E-state index contributed by atoms with van der Waals surface area (Å²) < 4.78 is 11.4. The minimum absolute atomic E-state index is 0.0521. The number of carbonyl (C=O) groups is 1. The van der Waals surface area contributed by atoms with Crippen molar-refractivity contribution in [2.24, 2.45) is 5.10 Å². The molecule has 12 heteroatoms. The molecule has 1 unspecified atom stereocenters. The Morgan fingerprint density at radius 3 is 2.83 bits per heavy atom. The zero-order valence-electron chi connectivity index (χ0n) is 19.0. The standard InChI is InChI=1S/C23H23N9O3/c1-34-19-9-5-4-7-16(19)12-25-27-23(33)20-18(32(30-26-20)22-21(24)28-35-29-22)14-31-11-10-15-6-2-3-8-17(15)13-31/h2-9,12H,10-11,13-14H2,1H3,(H2,24,28)(H,27,33)/p+1/b25-12-. The second-order valence-electron chi connectivity index (χ2n) is 8.08. The molecule has 3 heterocycles. The van der Waals surface area contributed by atoms with Crippen molar-refractivity contribution in [3.05, 3.63) is 76.6 Å². The van der Waals surface area contributed by atoms with Gasteiger partial charge in [-0.25, -0.2) is 10.1 Å². The summed E-state index contributed by atoms with van der Waals surface area (Å²) in [6, 6.07) is 15.7. The maximum Gasteiger partial charge on any atom is 0.294 e. The Kier molecular flexibility index (Phi) is 6.18. The summed E-state index contributed by atoms with van der Waals surface area (Å²) in [7, 11) is 1.57. The highest BCUT2D eigenvalue weighted by molar-refractivity contribution is 5.94. The molecule has 12 nitrogen and oxygen atoms in total. The summed E-state index contributed by atoms with van der Waals surface area (Å²) in [6.45, 7) is 2.16. The minimum atomic E-state index is -0.510. The van der Waals surface area contributed by atoms with Crippen LogP contribution >= 0.6 is 0 Å². The van der Waals surface area contributed by atoms with Crippen molar-refractivity contribution < 1.29 is 19.1 Å². The van der Waals surface area contributed by atoms with Gasteiger partial charge in [-0.1, -0.05) is 41.6 Å². The Bertz CT molecular complexity index is 1380. The summed E-state index contributed by atoms with van der Waals surface area (Å²) in [5.41, 5.74) is 12.4. The van der Waals surface area contributed by atoms with Crippen LogP contribution in [0, 0.1) is 0 Å². The molecule has 4 aromatic rings. The van der Waals surface area contributed by atoms with E-state index in [2.05, 4.69) is 49.4 Å². The maximum atomic E-state index is 13.0. The summed E-state index contributed by atoms with van der Waals surface area (Å²) in [5.74, 6) is 0.363. The van der Waals surface area contributed by atoms with Gasteiger partial charge in [0.25, 0.3) is 5.91 Å². The number of para-hydroxylation sites is 1. The van der Waals surface area contributed by atoms with Gasteiger partial charge in [0.15, 0.2) is 5.69 Å². The van der Waals surface area contributed by atoms with Crippen LogP contribution < -0.4 is 20.8 Å². The molecular weight excluding hydrogens is 450 g/mol. The zero-order valence-corrected chi connectivity index (χ0v) is 19.0. The molecule has 0 spiro atoms. The number of hydrogen-bond donors (Lipinski definition) is 3. The van der Waals surface area contributed by atoms with E-state index in [0.29, 0.717) is 18.0 Å². The molecule has 0 aliphatic carbocycles. The van der Waals surface area contributed by atoms with Crippen LogP contribution in [-0.2, 0) is 19.5 Å². The third-order valence-electron chi connectivity index (χ3n) is 5.91. The van der Waals surface area contributed by atoms with Gasteiger partial charge >= 0.3 is 0 Å². The summed E-state index contributed by atoms with van der Waals surface area (Å²) in [5, 5.41) is 19.8. The van der Waals surface area contributed by atoms with Crippen molar-refractivity contribution in [2.45, 2.75) is 19.5 Å². The molecule has 178 valence electrons.